The molecule has 0 fully saturated rings. The van der Waals surface area contributed by atoms with Crippen LogP contribution in [0.5, 0.6) is 0 Å². The van der Waals surface area contributed by atoms with Crippen LogP contribution >= 0.6 is 0 Å². The fourth-order valence-corrected chi connectivity index (χ4v) is 1.40. The lowest BCUT2D eigenvalue weighted by atomic mass is 10.2. The van der Waals surface area contributed by atoms with Crippen LogP contribution in [0.1, 0.15) is 0 Å². The van der Waals surface area contributed by atoms with Gasteiger partial charge in [0.05, 0.1) is 12.1 Å². The Bertz CT molecular complexity index is 422. The molecule has 0 amide bonds. The molecule has 13 heavy (non-hydrogen) atoms. The summed E-state index contributed by atoms with van der Waals surface area (Å²) in [6.45, 7) is -0.164. The summed E-state index contributed by atoms with van der Waals surface area (Å²) in [6, 6.07) is 7.54. The minimum absolute atomic E-state index is 0.262. The fraction of sp³-hybridized carbons (Fsp3) is 0.222. The molecule has 0 aliphatic heterocycles. The smallest absolute Gasteiger partial charge is 0.153 e. The van der Waals surface area contributed by atoms with Crippen molar-refractivity contribution < 1.29 is 4.39 Å². The van der Waals surface area contributed by atoms with Crippen LogP contribution in [-0.4, -0.2) is 16.5 Å². The van der Waals surface area contributed by atoms with Gasteiger partial charge in [0.25, 0.3) is 0 Å². The van der Waals surface area contributed by atoms with Crippen LogP contribution in [0.15, 0.2) is 24.3 Å². The van der Waals surface area contributed by atoms with E-state index in [9.17, 15) is 4.39 Å². The molecule has 0 bridgehead atoms. The molecular weight excluding hydrogens is 169 g/mol. The van der Waals surface area contributed by atoms with Crippen LogP contribution in [0, 0.1) is 0 Å². The van der Waals surface area contributed by atoms with E-state index in [2.05, 4.69) is 5.10 Å². The third-order valence-electron chi connectivity index (χ3n) is 1.98. The van der Waals surface area contributed by atoms with E-state index in [4.69, 9.17) is 5.73 Å². The van der Waals surface area contributed by atoms with Gasteiger partial charge in [-0.15, -0.1) is 0 Å². The van der Waals surface area contributed by atoms with Gasteiger partial charge in [-0.1, -0.05) is 12.1 Å². The van der Waals surface area contributed by atoms with Gasteiger partial charge in [-0.25, -0.2) is 4.39 Å². The van der Waals surface area contributed by atoms with Crippen molar-refractivity contribution in [3.63, 3.8) is 0 Å². The predicted molar refractivity (Wildman–Crippen MR) is 50.1 cm³/mol. The topological polar surface area (TPSA) is 43.8 Å². The number of halogens is 1. The van der Waals surface area contributed by atoms with E-state index in [1.165, 1.54) is 0 Å². The molecule has 0 atom stereocenters. The Balaban J connectivity index is 2.63. The van der Waals surface area contributed by atoms with Gasteiger partial charge >= 0.3 is 0 Å². The molecule has 2 N–H and O–H groups in total. The van der Waals surface area contributed by atoms with E-state index in [1.807, 2.05) is 24.3 Å². The highest BCUT2D eigenvalue weighted by Crippen LogP contribution is 2.19. The van der Waals surface area contributed by atoms with E-state index in [0.717, 1.165) is 10.9 Å². The Morgan fingerprint density at radius 1 is 1.38 bits per heavy atom. The monoisotopic (exact) mass is 179 g/mol. The van der Waals surface area contributed by atoms with Crippen LogP contribution in [-0.2, 0) is 6.54 Å². The number of hydrogen-bond donors (Lipinski definition) is 1. The van der Waals surface area contributed by atoms with Crippen molar-refractivity contribution in [2.75, 3.05) is 12.4 Å². The highest BCUT2D eigenvalue weighted by atomic mass is 19.1. The van der Waals surface area contributed by atoms with Crippen molar-refractivity contribution in [3.8, 4) is 0 Å². The van der Waals surface area contributed by atoms with Crippen LogP contribution in [0.2, 0.25) is 0 Å². The molecule has 0 saturated heterocycles. The van der Waals surface area contributed by atoms with Crippen LogP contribution in [0.3, 0.4) is 0 Å². The van der Waals surface area contributed by atoms with Gasteiger partial charge in [0.1, 0.15) is 6.67 Å². The molecule has 3 nitrogen and oxygen atoms in total. The first-order chi connectivity index (χ1) is 6.33. The molecule has 0 saturated carbocycles. The zero-order valence-electron chi connectivity index (χ0n) is 7.07. The number of nitrogen functional groups attached to an aromatic ring is 1. The number of para-hydroxylation sites is 1. The van der Waals surface area contributed by atoms with Crippen molar-refractivity contribution >= 4 is 16.7 Å². The van der Waals surface area contributed by atoms with Crippen molar-refractivity contribution in [2.45, 2.75) is 6.54 Å². The summed E-state index contributed by atoms with van der Waals surface area (Å²) in [5, 5.41) is 4.92. The number of alkyl halides is 1. The summed E-state index contributed by atoms with van der Waals surface area (Å²) in [5.74, 6) is 0.462. The van der Waals surface area contributed by atoms with E-state index in [1.54, 1.807) is 4.68 Å². The summed E-state index contributed by atoms with van der Waals surface area (Å²) in [6.07, 6.45) is 0. The van der Waals surface area contributed by atoms with Gasteiger partial charge in [0, 0.05) is 5.39 Å². The largest absolute Gasteiger partial charge is 0.382 e. The molecule has 68 valence electrons. The van der Waals surface area contributed by atoms with Crippen molar-refractivity contribution in [1.29, 1.82) is 0 Å². The summed E-state index contributed by atoms with van der Waals surface area (Å²) < 4.78 is 13.7. The number of aromatic nitrogens is 2. The number of nitrogens with zero attached hydrogens (tertiary/aromatic N) is 2. The van der Waals surface area contributed by atoms with Gasteiger partial charge in [-0.05, 0) is 12.1 Å². The maximum absolute atomic E-state index is 12.1. The predicted octanol–water partition coefficient (Wildman–Crippen LogP) is 1.59. The summed E-state index contributed by atoms with van der Waals surface area (Å²) in [7, 11) is 0. The first kappa shape index (κ1) is 8.04. The highest BCUT2D eigenvalue weighted by Gasteiger charge is 2.05. The molecule has 1 aromatic heterocycles. The maximum Gasteiger partial charge on any atom is 0.153 e. The Labute approximate surface area is 75.0 Å². The minimum atomic E-state index is -0.425. The van der Waals surface area contributed by atoms with E-state index in [0.29, 0.717) is 5.82 Å². The van der Waals surface area contributed by atoms with Gasteiger partial charge in [-0.2, -0.15) is 5.10 Å². The van der Waals surface area contributed by atoms with Crippen LogP contribution < -0.4 is 5.73 Å². The number of aryl methyl sites for hydroxylation is 1. The molecule has 4 heteroatoms. The minimum Gasteiger partial charge on any atom is -0.382 e. The Kier molecular flexibility index (Phi) is 1.88. The lowest BCUT2D eigenvalue weighted by Crippen LogP contribution is -2.01. The number of rotatable bonds is 2. The lowest BCUT2D eigenvalue weighted by Gasteiger charge is -1.97. The Morgan fingerprint density at radius 2 is 2.15 bits per heavy atom. The third-order valence-corrected chi connectivity index (χ3v) is 1.98. The zero-order chi connectivity index (χ0) is 9.26. The normalized spacial score (nSPS) is 10.8. The standard InChI is InChI=1S/C9H10FN3/c10-5-6-13-8-4-2-1-3-7(8)9(11)12-13/h1-4H,5-6H2,(H2,11,12). The molecule has 1 aromatic carbocycles. The summed E-state index contributed by atoms with van der Waals surface area (Å²) >= 11 is 0. The number of anilines is 1. The van der Waals surface area contributed by atoms with Gasteiger partial charge in [0.15, 0.2) is 5.82 Å². The molecule has 1 heterocycles. The quantitative estimate of drug-likeness (QED) is 0.760. The maximum atomic E-state index is 12.1. The first-order valence-corrected chi connectivity index (χ1v) is 4.10. The zero-order valence-corrected chi connectivity index (χ0v) is 7.07. The highest BCUT2D eigenvalue weighted by molar-refractivity contribution is 5.88. The van der Waals surface area contributed by atoms with E-state index in [-0.39, 0.29) is 6.54 Å². The first-order valence-electron chi connectivity index (χ1n) is 4.10. The number of nitrogens with two attached hydrogens (primary N) is 1. The van der Waals surface area contributed by atoms with Gasteiger partial charge in [-0.3, -0.25) is 4.68 Å². The third kappa shape index (κ3) is 1.24. The Hall–Kier alpha value is -1.58. The molecule has 2 rings (SSSR count). The summed E-state index contributed by atoms with van der Waals surface area (Å²) in [5.41, 5.74) is 6.54. The van der Waals surface area contributed by atoms with Gasteiger partial charge in [0.2, 0.25) is 0 Å². The second-order valence-electron chi connectivity index (χ2n) is 2.81. The molecule has 2 aromatic rings. The van der Waals surface area contributed by atoms with Crippen LogP contribution in [0.4, 0.5) is 10.2 Å². The molecule has 0 radical (unpaired) electrons. The second kappa shape index (κ2) is 3.05. The molecule has 0 unspecified atom stereocenters. The fourth-order valence-electron chi connectivity index (χ4n) is 1.40. The van der Waals surface area contributed by atoms with Crippen molar-refractivity contribution in [1.82, 2.24) is 9.78 Å². The van der Waals surface area contributed by atoms with Crippen molar-refractivity contribution in [3.05, 3.63) is 24.3 Å². The van der Waals surface area contributed by atoms with Gasteiger partial charge < -0.3 is 5.73 Å². The second-order valence-corrected chi connectivity index (χ2v) is 2.81. The number of hydrogen-bond acceptors (Lipinski definition) is 2. The molecule has 0 aliphatic rings. The molecule has 0 aliphatic carbocycles. The number of fused-ring (bicyclic) bond motifs is 1. The lowest BCUT2D eigenvalue weighted by molar-refractivity contribution is 0.434. The Morgan fingerprint density at radius 3 is 2.92 bits per heavy atom. The molecular formula is C9H10FN3. The molecule has 0 spiro atoms. The van der Waals surface area contributed by atoms with Crippen molar-refractivity contribution in [2.24, 2.45) is 0 Å². The van der Waals surface area contributed by atoms with Crippen LogP contribution in [0.25, 0.3) is 10.9 Å². The number of benzene rings is 1. The SMILES string of the molecule is Nc1nn(CCF)c2ccccc12. The average Bonchev–Trinajstić information content (AvgIpc) is 2.46. The van der Waals surface area contributed by atoms with E-state index < -0.39 is 6.67 Å². The summed E-state index contributed by atoms with van der Waals surface area (Å²) in [4.78, 5) is 0. The van der Waals surface area contributed by atoms with E-state index >= 15 is 0 Å². The average molecular weight is 179 g/mol.